The van der Waals surface area contributed by atoms with E-state index >= 15 is 0 Å². The van der Waals surface area contributed by atoms with Crippen molar-refractivity contribution < 1.29 is 9.53 Å². The maximum atomic E-state index is 11.6. The topological polar surface area (TPSA) is 58.2 Å². The largest absolute Gasteiger partial charge is 0.494 e. The second-order valence-electron chi connectivity index (χ2n) is 9.04. The number of hydrogen-bond acceptors (Lipinski definition) is 3. The first-order chi connectivity index (χ1) is 17.5. The van der Waals surface area contributed by atoms with Crippen LogP contribution in [-0.2, 0) is 4.79 Å². The number of ether oxygens (including phenoxy) is 1. The van der Waals surface area contributed by atoms with Gasteiger partial charge in [0.25, 0.3) is 0 Å². The Morgan fingerprint density at radius 2 is 1.69 bits per heavy atom. The third-order valence-electron chi connectivity index (χ3n) is 6.19. The van der Waals surface area contributed by atoms with Crippen molar-refractivity contribution in [3.63, 3.8) is 0 Å². The van der Waals surface area contributed by atoms with E-state index in [2.05, 4.69) is 71.7 Å². The van der Waals surface area contributed by atoms with Crippen molar-refractivity contribution in [2.75, 3.05) is 20.7 Å². The highest BCUT2D eigenvalue weighted by molar-refractivity contribution is 5.99. The molecule has 0 fully saturated rings. The van der Waals surface area contributed by atoms with Crippen LogP contribution in [0.3, 0.4) is 0 Å². The fraction of sp³-hybridized carbons (Fsp3) is 0.226. The Balaban J connectivity index is 1.46. The van der Waals surface area contributed by atoms with Gasteiger partial charge >= 0.3 is 0 Å². The Labute approximate surface area is 213 Å². The van der Waals surface area contributed by atoms with Crippen LogP contribution in [0.5, 0.6) is 5.75 Å². The van der Waals surface area contributed by atoms with Gasteiger partial charge in [0.05, 0.1) is 18.3 Å². The van der Waals surface area contributed by atoms with E-state index in [4.69, 9.17) is 4.74 Å². The summed E-state index contributed by atoms with van der Waals surface area (Å²) in [6, 6.07) is 25.2. The Morgan fingerprint density at radius 3 is 2.44 bits per heavy atom. The number of likely N-dealkylation sites (N-methyl/N-ethyl adjacent to an activating group) is 1. The summed E-state index contributed by atoms with van der Waals surface area (Å²) in [7, 11) is 3.51. The number of H-pyrrole nitrogens is 1. The van der Waals surface area contributed by atoms with Crippen molar-refractivity contribution in [1.82, 2.24) is 15.1 Å². The minimum absolute atomic E-state index is 0.0203. The zero-order chi connectivity index (χ0) is 25.3. The van der Waals surface area contributed by atoms with Crippen molar-refractivity contribution in [2.24, 2.45) is 0 Å². The van der Waals surface area contributed by atoms with Gasteiger partial charge in [-0.1, -0.05) is 54.6 Å². The number of benzene rings is 3. The molecular formula is C31H33N3O2. The second kappa shape index (κ2) is 12.0. The van der Waals surface area contributed by atoms with Crippen molar-refractivity contribution in [3.8, 4) is 5.75 Å². The fourth-order valence-corrected chi connectivity index (χ4v) is 4.14. The van der Waals surface area contributed by atoms with Gasteiger partial charge in [0.1, 0.15) is 5.75 Å². The molecule has 0 aliphatic rings. The lowest BCUT2D eigenvalue weighted by Crippen LogP contribution is -2.18. The van der Waals surface area contributed by atoms with Crippen molar-refractivity contribution in [1.29, 1.82) is 0 Å². The van der Waals surface area contributed by atoms with Crippen LogP contribution in [0.1, 0.15) is 42.9 Å². The highest BCUT2D eigenvalue weighted by Gasteiger charge is 2.12. The first-order valence-electron chi connectivity index (χ1n) is 12.3. The summed E-state index contributed by atoms with van der Waals surface area (Å²) in [5, 5.41) is 8.30. The Morgan fingerprint density at radius 1 is 0.944 bits per heavy atom. The molecule has 1 amide bonds. The molecule has 1 aromatic heterocycles. The lowest BCUT2D eigenvalue weighted by molar-refractivity contribution is -0.123. The molecule has 0 saturated heterocycles. The molecule has 5 heteroatoms. The third-order valence-corrected chi connectivity index (χ3v) is 6.19. The quantitative estimate of drug-likeness (QED) is 0.156. The molecule has 36 heavy (non-hydrogen) atoms. The number of hydrogen-bond donors (Lipinski definition) is 1. The third kappa shape index (κ3) is 6.30. The van der Waals surface area contributed by atoms with Gasteiger partial charge in [0.15, 0.2) is 0 Å². The number of fused-ring (bicyclic) bond motifs is 1. The van der Waals surface area contributed by atoms with E-state index in [0.29, 0.717) is 6.61 Å². The molecule has 0 unspecified atom stereocenters. The van der Waals surface area contributed by atoms with Gasteiger partial charge in [0, 0.05) is 19.5 Å². The number of carbonyl (C=O) groups excluding carboxylic acids is 1. The molecule has 0 bridgehead atoms. The van der Waals surface area contributed by atoms with Crippen LogP contribution in [0.4, 0.5) is 0 Å². The number of nitrogens with zero attached hydrogens (tertiary/aromatic N) is 2. The van der Waals surface area contributed by atoms with E-state index < -0.39 is 0 Å². The number of allylic oxidation sites excluding steroid dienone is 2. The summed E-state index contributed by atoms with van der Waals surface area (Å²) in [4.78, 5) is 13.1. The highest BCUT2D eigenvalue weighted by atomic mass is 16.5. The molecule has 0 aliphatic heterocycles. The Bertz CT molecular complexity index is 1350. The molecule has 5 nitrogen and oxygen atoms in total. The molecule has 0 saturated carbocycles. The van der Waals surface area contributed by atoms with E-state index in [1.165, 1.54) is 16.7 Å². The molecule has 0 aliphatic carbocycles. The van der Waals surface area contributed by atoms with Crippen LogP contribution < -0.4 is 4.74 Å². The summed E-state index contributed by atoms with van der Waals surface area (Å²) in [5.74, 6) is 0.881. The van der Waals surface area contributed by atoms with Crippen LogP contribution >= 0.6 is 0 Å². The van der Waals surface area contributed by atoms with E-state index in [1.807, 2.05) is 30.5 Å². The van der Waals surface area contributed by atoms with Gasteiger partial charge < -0.3 is 9.64 Å². The molecule has 4 aromatic rings. The van der Waals surface area contributed by atoms with E-state index in [1.54, 1.807) is 25.1 Å². The van der Waals surface area contributed by atoms with Crippen molar-refractivity contribution >= 4 is 28.0 Å². The minimum atomic E-state index is 0.0203. The minimum Gasteiger partial charge on any atom is -0.494 e. The molecule has 0 spiro atoms. The number of unbranched alkanes of at least 4 members (excludes halogenated alkanes) is 2. The molecule has 0 radical (unpaired) electrons. The normalized spacial score (nSPS) is 12.1. The summed E-state index contributed by atoms with van der Waals surface area (Å²) >= 11 is 0. The van der Waals surface area contributed by atoms with Crippen molar-refractivity contribution in [3.05, 3.63) is 108 Å². The average Bonchev–Trinajstić information content (AvgIpc) is 3.37. The van der Waals surface area contributed by atoms with Crippen LogP contribution in [-0.4, -0.2) is 41.7 Å². The Kier molecular flexibility index (Phi) is 8.35. The number of rotatable bonds is 10. The summed E-state index contributed by atoms with van der Waals surface area (Å²) in [5.41, 5.74) is 6.92. The molecular weight excluding hydrogens is 446 g/mol. The van der Waals surface area contributed by atoms with Gasteiger partial charge in [-0.05, 0) is 84.4 Å². The van der Waals surface area contributed by atoms with E-state index in [-0.39, 0.29) is 5.91 Å². The summed E-state index contributed by atoms with van der Waals surface area (Å²) in [6.45, 7) is 2.83. The van der Waals surface area contributed by atoms with E-state index in [9.17, 15) is 4.79 Å². The monoisotopic (exact) mass is 479 g/mol. The van der Waals surface area contributed by atoms with Crippen LogP contribution in [0, 0.1) is 0 Å². The number of amides is 1. The van der Waals surface area contributed by atoms with Crippen LogP contribution in [0.15, 0.2) is 91.1 Å². The predicted molar refractivity (Wildman–Crippen MR) is 148 cm³/mol. The molecule has 184 valence electrons. The van der Waals surface area contributed by atoms with Crippen LogP contribution in [0.25, 0.3) is 22.0 Å². The van der Waals surface area contributed by atoms with Gasteiger partial charge in [0.2, 0.25) is 5.91 Å². The van der Waals surface area contributed by atoms with Gasteiger partial charge in [-0.2, -0.15) is 5.10 Å². The smallest absolute Gasteiger partial charge is 0.245 e. The number of aromatic nitrogens is 2. The van der Waals surface area contributed by atoms with Gasteiger partial charge in [-0.3, -0.25) is 9.89 Å². The predicted octanol–water partition coefficient (Wildman–Crippen LogP) is 6.74. The summed E-state index contributed by atoms with van der Waals surface area (Å²) < 4.78 is 5.98. The molecule has 0 atom stereocenters. The number of aromatic amines is 1. The second-order valence-corrected chi connectivity index (χ2v) is 9.04. The molecule has 4 rings (SSSR count). The molecule has 1 N–H and O–H groups in total. The van der Waals surface area contributed by atoms with Crippen LogP contribution in [0.2, 0.25) is 0 Å². The number of nitrogens with one attached hydrogen (secondary N) is 1. The molecule has 1 heterocycles. The van der Waals surface area contributed by atoms with Gasteiger partial charge in [-0.15, -0.1) is 0 Å². The maximum absolute atomic E-state index is 11.6. The Hall–Kier alpha value is -4.12. The first-order valence-corrected chi connectivity index (χ1v) is 12.3. The SMILES string of the molecule is C/C(=C(/c1ccc(OCCCC/C=C/C(=O)N(C)C)cc1)c1ccc2[nH]ncc2c1)c1ccccc1. The average molecular weight is 480 g/mol. The van der Waals surface area contributed by atoms with Gasteiger partial charge in [-0.25, -0.2) is 0 Å². The first kappa shape index (κ1) is 25.0. The lowest BCUT2D eigenvalue weighted by atomic mass is 9.90. The number of carbonyl (C=O) groups is 1. The fourth-order valence-electron chi connectivity index (χ4n) is 4.14. The zero-order valence-corrected chi connectivity index (χ0v) is 21.2. The standard InChI is InChI=1S/C31H33N3O2/c1-23(24-11-7-6-8-12-24)31(26-16-19-29-27(21-26)22-32-33-29)25-14-17-28(18-15-25)36-20-10-5-4-9-13-30(35)34(2)3/h6-9,11-19,21-22H,4-5,10,20H2,1-3H3,(H,32,33)/b13-9+,31-23+. The molecule has 3 aromatic carbocycles. The maximum Gasteiger partial charge on any atom is 0.245 e. The summed E-state index contributed by atoms with van der Waals surface area (Å²) in [6.07, 6.45) is 8.21. The highest BCUT2D eigenvalue weighted by Crippen LogP contribution is 2.34. The zero-order valence-electron chi connectivity index (χ0n) is 21.2. The lowest BCUT2D eigenvalue weighted by Gasteiger charge is -2.15. The van der Waals surface area contributed by atoms with E-state index in [0.717, 1.165) is 47.0 Å². The van der Waals surface area contributed by atoms with Crippen molar-refractivity contribution in [2.45, 2.75) is 26.2 Å².